The number of rotatable bonds is 3. The molecule has 0 N–H and O–H groups in total. The summed E-state index contributed by atoms with van der Waals surface area (Å²) in [6.07, 6.45) is 0. The zero-order valence-electron chi connectivity index (χ0n) is 13.0. The van der Waals surface area contributed by atoms with Gasteiger partial charge in [-0.2, -0.15) is 4.68 Å². The molecule has 0 bridgehead atoms. The highest BCUT2D eigenvalue weighted by Gasteiger charge is 2.07. The van der Waals surface area contributed by atoms with Gasteiger partial charge in [0.1, 0.15) is 5.52 Å². The van der Waals surface area contributed by atoms with Crippen LogP contribution in [-0.2, 0) is 5.88 Å². The Morgan fingerprint density at radius 3 is 2.54 bits per heavy atom. The molecule has 4 rings (SSSR count). The zero-order chi connectivity index (χ0) is 16.5. The molecule has 118 valence electrons. The van der Waals surface area contributed by atoms with Gasteiger partial charge in [0, 0.05) is 5.39 Å². The van der Waals surface area contributed by atoms with E-state index in [0.29, 0.717) is 16.8 Å². The Labute approximate surface area is 142 Å². The summed E-state index contributed by atoms with van der Waals surface area (Å²) in [5.74, 6) is 0.376. The number of aryl methyl sites for hydroxylation is 1. The van der Waals surface area contributed by atoms with Crippen molar-refractivity contribution in [2.45, 2.75) is 17.8 Å². The molecule has 2 heterocycles. The smallest absolute Gasteiger partial charge is 0.267 e. The maximum atomic E-state index is 12.5. The number of para-hydroxylation sites is 1. The lowest BCUT2D eigenvalue weighted by Gasteiger charge is -2.07. The van der Waals surface area contributed by atoms with Crippen molar-refractivity contribution in [2.24, 2.45) is 0 Å². The summed E-state index contributed by atoms with van der Waals surface area (Å²) in [6.45, 7) is 2.07. The predicted octanol–water partition coefficient (Wildman–Crippen LogP) is 3.40. The molecule has 0 spiro atoms. The number of pyridine rings is 1. The molecule has 2 aromatic heterocycles. The van der Waals surface area contributed by atoms with E-state index in [4.69, 9.17) is 0 Å². The van der Waals surface area contributed by atoms with E-state index in [1.54, 1.807) is 12.1 Å². The first-order valence-electron chi connectivity index (χ1n) is 7.54. The Bertz CT molecular complexity index is 1110. The van der Waals surface area contributed by atoms with Crippen LogP contribution in [0.2, 0.25) is 0 Å². The lowest BCUT2D eigenvalue weighted by atomic mass is 10.1. The molecule has 0 aliphatic rings. The van der Waals surface area contributed by atoms with Crippen molar-refractivity contribution in [3.63, 3.8) is 0 Å². The van der Waals surface area contributed by atoms with Crippen LogP contribution in [0.5, 0.6) is 0 Å². The topological polar surface area (TPSA) is 60.7 Å². The largest absolute Gasteiger partial charge is 0.278 e. The third-order valence-corrected chi connectivity index (χ3v) is 4.74. The molecule has 2 aromatic carbocycles. The van der Waals surface area contributed by atoms with Crippen LogP contribution in [0.1, 0.15) is 5.56 Å². The second-order valence-electron chi connectivity index (χ2n) is 5.48. The molecule has 0 saturated carbocycles. The van der Waals surface area contributed by atoms with Crippen molar-refractivity contribution in [1.29, 1.82) is 0 Å². The van der Waals surface area contributed by atoms with Gasteiger partial charge in [-0.1, -0.05) is 47.3 Å². The van der Waals surface area contributed by atoms with E-state index in [-0.39, 0.29) is 5.56 Å². The molecule has 0 radical (unpaired) electrons. The molecule has 0 unspecified atom stereocenters. The summed E-state index contributed by atoms with van der Waals surface area (Å²) >= 11 is 1.47. The van der Waals surface area contributed by atoms with Crippen LogP contribution in [0.3, 0.4) is 0 Å². The molecule has 0 fully saturated rings. The van der Waals surface area contributed by atoms with Crippen molar-refractivity contribution in [2.75, 3.05) is 0 Å². The summed E-state index contributed by atoms with van der Waals surface area (Å²) in [5, 5.41) is 10.7. The van der Waals surface area contributed by atoms with Crippen LogP contribution in [0.25, 0.3) is 21.8 Å². The van der Waals surface area contributed by atoms with Crippen molar-refractivity contribution in [3.8, 4) is 0 Å². The van der Waals surface area contributed by atoms with E-state index in [1.165, 1.54) is 22.0 Å². The fourth-order valence-electron chi connectivity index (χ4n) is 2.63. The summed E-state index contributed by atoms with van der Waals surface area (Å²) < 4.78 is 1.37. The van der Waals surface area contributed by atoms with Gasteiger partial charge in [0.2, 0.25) is 0 Å². The van der Waals surface area contributed by atoms with Crippen molar-refractivity contribution in [1.82, 2.24) is 20.0 Å². The van der Waals surface area contributed by atoms with E-state index in [9.17, 15) is 4.79 Å². The highest BCUT2D eigenvalue weighted by molar-refractivity contribution is 7.98. The van der Waals surface area contributed by atoms with E-state index < -0.39 is 0 Å². The quantitative estimate of drug-likeness (QED) is 0.537. The highest BCUT2D eigenvalue weighted by Crippen LogP contribution is 2.24. The minimum atomic E-state index is -0.134. The molecule has 0 amide bonds. The van der Waals surface area contributed by atoms with Crippen molar-refractivity contribution in [3.05, 3.63) is 70.5 Å². The van der Waals surface area contributed by atoms with Crippen LogP contribution in [0.15, 0.2) is 64.4 Å². The standard InChI is InChI=1S/C18H14N4OS/c1-12-10-17(19-15-8-4-2-6-13(12)15)24-11-22-18(23)14-7-3-5-9-16(14)20-21-22/h2-10H,11H2,1H3. The SMILES string of the molecule is Cc1cc(SCn2nnc3ccccc3c2=O)nc2ccccc12. The lowest BCUT2D eigenvalue weighted by Crippen LogP contribution is -2.23. The summed E-state index contributed by atoms with van der Waals surface area (Å²) in [5.41, 5.74) is 2.60. The van der Waals surface area contributed by atoms with Gasteiger partial charge in [-0.15, -0.1) is 5.10 Å². The summed E-state index contributed by atoms with van der Waals surface area (Å²) in [6, 6.07) is 17.3. The monoisotopic (exact) mass is 334 g/mol. The molecule has 6 heteroatoms. The minimum absolute atomic E-state index is 0.134. The van der Waals surface area contributed by atoms with Gasteiger partial charge in [-0.05, 0) is 36.8 Å². The average Bonchev–Trinajstić information content (AvgIpc) is 2.61. The van der Waals surface area contributed by atoms with E-state index in [1.807, 2.05) is 36.4 Å². The Morgan fingerprint density at radius 1 is 1.00 bits per heavy atom. The number of nitrogens with zero attached hydrogens (tertiary/aromatic N) is 4. The molecule has 0 aliphatic carbocycles. The first-order valence-corrected chi connectivity index (χ1v) is 8.53. The fraction of sp³-hybridized carbons (Fsp3) is 0.111. The van der Waals surface area contributed by atoms with Crippen LogP contribution in [-0.4, -0.2) is 20.0 Å². The number of thioether (sulfide) groups is 1. The number of benzene rings is 2. The highest BCUT2D eigenvalue weighted by atomic mass is 32.2. The zero-order valence-corrected chi connectivity index (χ0v) is 13.8. The normalized spacial score (nSPS) is 11.2. The van der Waals surface area contributed by atoms with Gasteiger partial charge in [0.05, 0.1) is 21.8 Å². The lowest BCUT2D eigenvalue weighted by molar-refractivity contribution is 0.644. The summed E-state index contributed by atoms with van der Waals surface area (Å²) in [4.78, 5) is 17.1. The number of aromatic nitrogens is 4. The Hall–Kier alpha value is -2.73. The summed E-state index contributed by atoms with van der Waals surface area (Å²) in [7, 11) is 0. The molecular formula is C18H14N4OS. The molecule has 5 nitrogen and oxygen atoms in total. The molecule has 24 heavy (non-hydrogen) atoms. The van der Waals surface area contributed by atoms with Crippen LogP contribution in [0.4, 0.5) is 0 Å². The number of fused-ring (bicyclic) bond motifs is 2. The fourth-order valence-corrected chi connectivity index (χ4v) is 3.47. The van der Waals surface area contributed by atoms with E-state index >= 15 is 0 Å². The van der Waals surface area contributed by atoms with Crippen LogP contribution < -0.4 is 5.56 Å². The van der Waals surface area contributed by atoms with Gasteiger partial charge in [-0.25, -0.2) is 4.98 Å². The maximum Gasteiger partial charge on any atom is 0.278 e. The average molecular weight is 334 g/mol. The Morgan fingerprint density at radius 2 is 1.71 bits per heavy atom. The number of hydrogen-bond acceptors (Lipinski definition) is 5. The maximum absolute atomic E-state index is 12.5. The van der Waals surface area contributed by atoms with E-state index in [2.05, 4.69) is 28.3 Å². The third-order valence-electron chi connectivity index (χ3n) is 3.86. The van der Waals surface area contributed by atoms with Gasteiger partial charge < -0.3 is 0 Å². The first kappa shape index (κ1) is 14.8. The van der Waals surface area contributed by atoms with Gasteiger partial charge in [-0.3, -0.25) is 4.79 Å². The molecule has 0 saturated heterocycles. The van der Waals surface area contributed by atoms with Crippen molar-refractivity contribution < 1.29 is 0 Å². The first-order chi connectivity index (χ1) is 11.7. The third kappa shape index (κ3) is 2.65. The molecular weight excluding hydrogens is 320 g/mol. The van der Waals surface area contributed by atoms with Crippen LogP contribution in [0, 0.1) is 6.92 Å². The Kier molecular flexibility index (Phi) is 3.74. The second kappa shape index (κ2) is 6.05. The predicted molar refractivity (Wildman–Crippen MR) is 96.1 cm³/mol. The van der Waals surface area contributed by atoms with Gasteiger partial charge >= 0.3 is 0 Å². The van der Waals surface area contributed by atoms with E-state index in [0.717, 1.165) is 15.9 Å². The number of hydrogen-bond donors (Lipinski definition) is 0. The van der Waals surface area contributed by atoms with Gasteiger partial charge in [0.25, 0.3) is 5.56 Å². The molecule has 0 atom stereocenters. The van der Waals surface area contributed by atoms with Crippen molar-refractivity contribution >= 4 is 33.6 Å². The second-order valence-corrected chi connectivity index (χ2v) is 6.44. The van der Waals surface area contributed by atoms with Gasteiger partial charge in [0.15, 0.2) is 0 Å². The van der Waals surface area contributed by atoms with Crippen LogP contribution >= 0.6 is 11.8 Å². The molecule has 4 aromatic rings. The molecule has 0 aliphatic heterocycles. The minimum Gasteiger partial charge on any atom is -0.267 e. The Balaban J connectivity index is 1.66.